The Labute approximate surface area is 249 Å². The van der Waals surface area contributed by atoms with Crippen molar-refractivity contribution in [2.45, 2.75) is 105 Å². The molecular formula is C38H51NO2. The van der Waals surface area contributed by atoms with Crippen molar-refractivity contribution >= 4 is 17.1 Å². The lowest BCUT2D eigenvalue weighted by molar-refractivity contribution is 0.393. The zero-order valence-corrected chi connectivity index (χ0v) is 28.0. The number of para-hydroxylation sites is 1. The SMILES string of the molecule is COc1c(C(=C=Nc2ccccc2)c2cc(C(C)(C)C)cc(C(C)(C)C)c2OC)cc(C(C)(C)C)cc1C(C)(C)C. The largest absolute Gasteiger partial charge is 0.496 e. The second kappa shape index (κ2) is 11.5. The van der Waals surface area contributed by atoms with E-state index in [1.165, 1.54) is 11.1 Å². The minimum absolute atomic E-state index is 0.0728. The molecule has 41 heavy (non-hydrogen) atoms. The summed E-state index contributed by atoms with van der Waals surface area (Å²) < 4.78 is 12.5. The molecule has 3 aromatic carbocycles. The highest BCUT2D eigenvalue weighted by Gasteiger charge is 2.31. The minimum Gasteiger partial charge on any atom is -0.496 e. The summed E-state index contributed by atoms with van der Waals surface area (Å²) in [5.41, 5.74) is 7.98. The van der Waals surface area contributed by atoms with Crippen LogP contribution in [0.1, 0.15) is 116 Å². The lowest BCUT2D eigenvalue weighted by atomic mass is 9.75. The zero-order chi connectivity index (χ0) is 31.0. The molecule has 0 unspecified atom stereocenters. The summed E-state index contributed by atoms with van der Waals surface area (Å²) in [7, 11) is 3.53. The predicted molar refractivity (Wildman–Crippen MR) is 177 cm³/mol. The maximum atomic E-state index is 6.25. The fourth-order valence-electron chi connectivity index (χ4n) is 4.94. The molecule has 0 heterocycles. The van der Waals surface area contributed by atoms with Gasteiger partial charge in [-0.05, 0) is 62.9 Å². The number of methoxy groups -OCH3 is 2. The summed E-state index contributed by atoms with van der Waals surface area (Å²) in [6.45, 7) is 27.0. The van der Waals surface area contributed by atoms with Crippen molar-refractivity contribution in [3.05, 3.63) is 88.0 Å². The summed E-state index contributed by atoms with van der Waals surface area (Å²) in [6.07, 6.45) is 0. The van der Waals surface area contributed by atoms with Gasteiger partial charge in [0.2, 0.25) is 0 Å². The first-order chi connectivity index (χ1) is 18.8. The van der Waals surface area contributed by atoms with E-state index in [2.05, 4.69) is 113 Å². The van der Waals surface area contributed by atoms with Gasteiger partial charge in [0.15, 0.2) is 0 Å². The monoisotopic (exact) mass is 553 g/mol. The molecule has 3 rings (SSSR count). The highest BCUT2D eigenvalue weighted by atomic mass is 16.5. The molecule has 0 atom stereocenters. The van der Waals surface area contributed by atoms with Gasteiger partial charge in [-0.25, -0.2) is 4.99 Å². The van der Waals surface area contributed by atoms with Gasteiger partial charge in [0.1, 0.15) is 11.5 Å². The Bertz CT molecular complexity index is 1360. The molecule has 0 amide bonds. The lowest BCUT2D eigenvalue weighted by Gasteiger charge is -2.31. The number of hydrogen-bond acceptors (Lipinski definition) is 3. The van der Waals surface area contributed by atoms with Crippen molar-refractivity contribution in [2.75, 3.05) is 14.2 Å². The van der Waals surface area contributed by atoms with Crippen molar-refractivity contribution in [1.82, 2.24) is 0 Å². The normalized spacial score (nSPS) is 12.5. The van der Waals surface area contributed by atoms with Crippen LogP contribution in [0.4, 0.5) is 5.69 Å². The molecule has 3 heteroatoms. The summed E-state index contributed by atoms with van der Waals surface area (Å²) >= 11 is 0. The average molecular weight is 554 g/mol. The fourth-order valence-corrected chi connectivity index (χ4v) is 4.94. The topological polar surface area (TPSA) is 30.8 Å². The average Bonchev–Trinajstić information content (AvgIpc) is 2.86. The number of aliphatic imine (C=N–C) groups is 1. The van der Waals surface area contributed by atoms with Crippen LogP contribution in [0.25, 0.3) is 5.57 Å². The Hall–Kier alpha value is -3.29. The van der Waals surface area contributed by atoms with E-state index in [1.54, 1.807) is 14.2 Å². The molecule has 3 nitrogen and oxygen atoms in total. The van der Waals surface area contributed by atoms with Crippen LogP contribution in [0.2, 0.25) is 0 Å². The number of nitrogens with zero attached hydrogens (tertiary/aromatic N) is 1. The maximum Gasteiger partial charge on any atom is 0.131 e. The van der Waals surface area contributed by atoms with E-state index in [0.717, 1.165) is 45.0 Å². The third-order valence-corrected chi connectivity index (χ3v) is 7.53. The van der Waals surface area contributed by atoms with E-state index in [4.69, 9.17) is 14.5 Å². The van der Waals surface area contributed by atoms with E-state index >= 15 is 0 Å². The third-order valence-electron chi connectivity index (χ3n) is 7.53. The number of rotatable bonds is 5. The predicted octanol–water partition coefficient (Wildman–Crippen LogP) is 10.3. The molecule has 0 aliphatic heterocycles. The number of benzene rings is 3. The van der Waals surface area contributed by atoms with Crippen LogP contribution < -0.4 is 9.47 Å². The summed E-state index contributed by atoms with van der Waals surface area (Å²) in [5, 5.41) is 0. The molecule has 0 radical (unpaired) electrons. The van der Waals surface area contributed by atoms with Gasteiger partial charge < -0.3 is 9.47 Å². The molecule has 0 fully saturated rings. The molecule has 0 aromatic heterocycles. The van der Waals surface area contributed by atoms with Crippen LogP contribution in [0.15, 0.2) is 59.6 Å². The van der Waals surface area contributed by atoms with E-state index in [1.807, 2.05) is 30.3 Å². The molecule has 0 saturated heterocycles. The Balaban J connectivity index is 2.65. The first-order valence-electron chi connectivity index (χ1n) is 14.6. The van der Waals surface area contributed by atoms with Gasteiger partial charge in [0.05, 0.1) is 25.5 Å². The highest BCUT2D eigenvalue weighted by molar-refractivity contribution is 6.03. The second-order valence-corrected chi connectivity index (χ2v) is 15.1. The van der Waals surface area contributed by atoms with E-state index < -0.39 is 0 Å². The van der Waals surface area contributed by atoms with Gasteiger partial charge in [0, 0.05) is 22.3 Å². The van der Waals surface area contributed by atoms with Gasteiger partial charge in [-0.2, -0.15) is 0 Å². The van der Waals surface area contributed by atoms with Crippen LogP contribution in [0, 0.1) is 0 Å². The summed E-state index contributed by atoms with van der Waals surface area (Å²) in [5.74, 6) is 5.20. The van der Waals surface area contributed by atoms with Crippen molar-refractivity contribution < 1.29 is 9.47 Å². The first kappa shape index (κ1) is 32.2. The number of hydrogen-bond donors (Lipinski definition) is 0. The van der Waals surface area contributed by atoms with Crippen molar-refractivity contribution in [2.24, 2.45) is 4.99 Å². The molecule has 0 aliphatic carbocycles. The quantitative estimate of drug-likeness (QED) is 0.294. The van der Waals surface area contributed by atoms with Crippen LogP contribution in [0.5, 0.6) is 11.5 Å². The van der Waals surface area contributed by atoms with Gasteiger partial charge in [-0.3, -0.25) is 0 Å². The molecule has 0 spiro atoms. The zero-order valence-electron chi connectivity index (χ0n) is 28.0. The van der Waals surface area contributed by atoms with Crippen LogP contribution in [0.3, 0.4) is 0 Å². The molecule has 0 saturated carbocycles. The van der Waals surface area contributed by atoms with Gasteiger partial charge in [0.25, 0.3) is 0 Å². The van der Waals surface area contributed by atoms with Crippen LogP contribution in [-0.2, 0) is 21.7 Å². The van der Waals surface area contributed by atoms with E-state index in [9.17, 15) is 0 Å². The Morgan fingerprint density at radius 2 is 0.951 bits per heavy atom. The Morgan fingerprint density at radius 3 is 1.27 bits per heavy atom. The van der Waals surface area contributed by atoms with Gasteiger partial charge in [-0.1, -0.05) is 113 Å². The third kappa shape index (κ3) is 7.32. The molecule has 220 valence electrons. The smallest absolute Gasteiger partial charge is 0.131 e. The van der Waals surface area contributed by atoms with Crippen LogP contribution in [-0.4, -0.2) is 20.1 Å². The molecule has 0 bridgehead atoms. The Morgan fingerprint density at radius 1 is 0.561 bits per heavy atom. The molecule has 0 aliphatic rings. The van der Waals surface area contributed by atoms with Crippen LogP contribution >= 0.6 is 0 Å². The lowest BCUT2D eigenvalue weighted by Crippen LogP contribution is -2.20. The first-order valence-corrected chi connectivity index (χ1v) is 14.6. The van der Waals surface area contributed by atoms with Crippen molar-refractivity contribution in [3.63, 3.8) is 0 Å². The van der Waals surface area contributed by atoms with E-state index in [-0.39, 0.29) is 21.7 Å². The standard InChI is InChI=1S/C38H51NO2/c1-35(2,3)25-20-28(33(40-13)31(22-25)37(7,8)9)30(24-39-27-18-16-15-17-19-27)29-21-26(36(4,5)6)23-32(34(29)41-14)38(10,11)12/h15-23H,1-14H3. The highest BCUT2D eigenvalue weighted by Crippen LogP contribution is 2.46. The van der Waals surface area contributed by atoms with Crippen molar-refractivity contribution in [1.29, 1.82) is 0 Å². The number of ether oxygens (including phenoxy) is 2. The maximum absolute atomic E-state index is 6.25. The summed E-state index contributed by atoms with van der Waals surface area (Å²) in [4.78, 5) is 4.88. The Kier molecular flexibility index (Phi) is 9.07. The van der Waals surface area contributed by atoms with Gasteiger partial charge >= 0.3 is 0 Å². The van der Waals surface area contributed by atoms with Gasteiger partial charge in [-0.15, -0.1) is 0 Å². The minimum atomic E-state index is -0.142. The van der Waals surface area contributed by atoms with E-state index in [0.29, 0.717) is 0 Å². The molecule has 3 aromatic rings. The summed E-state index contributed by atoms with van der Waals surface area (Å²) in [6, 6.07) is 19.1. The van der Waals surface area contributed by atoms with Crippen molar-refractivity contribution in [3.8, 4) is 11.5 Å². The molecule has 0 N–H and O–H groups in total. The fraction of sp³-hybridized carbons (Fsp3) is 0.474. The molecular weight excluding hydrogens is 502 g/mol. The second-order valence-electron chi connectivity index (χ2n) is 15.1.